The van der Waals surface area contributed by atoms with Crippen molar-refractivity contribution in [3.05, 3.63) is 23.8 Å². The Labute approximate surface area is 139 Å². The molecule has 0 spiro atoms. The third kappa shape index (κ3) is 6.02. The van der Waals surface area contributed by atoms with Crippen LogP contribution in [-0.2, 0) is 9.53 Å². The third-order valence-electron chi connectivity index (χ3n) is 2.95. The van der Waals surface area contributed by atoms with Crippen LogP contribution in [0.3, 0.4) is 0 Å². The Bertz CT molecular complexity index is 578. The van der Waals surface area contributed by atoms with Crippen LogP contribution in [0.2, 0.25) is 0 Å². The molecule has 0 aromatic heterocycles. The summed E-state index contributed by atoms with van der Waals surface area (Å²) < 4.78 is 38.8. The second-order valence-corrected chi connectivity index (χ2v) is 5.43. The molecule has 24 heavy (non-hydrogen) atoms. The van der Waals surface area contributed by atoms with E-state index in [-0.39, 0.29) is 23.0 Å². The first-order valence-corrected chi connectivity index (χ1v) is 7.36. The van der Waals surface area contributed by atoms with Gasteiger partial charge in [-0.3, -0.25) is 4.79 Å². The molecule has 0 saturated heterocycles. The van der Waals surface area contributed by atoms with Crippen molar-refractivity contribution in [3.63, 3.8) is 0 Å². The van der Waals surface area contributed by atoms with Gasteiger partial charge in [-0.1, -0.05) is 13.8 Å². The number of benzene rings is 1. The summed E-state index contributed by atoms with van der Waals surface area (Å²) in [5.41, 5.74) is 0.0528. The van der Waals surface area contributed by atoms with Crippen LogP contribution < -0.4 is 14.8 Å². The van der Waals surface area contributed by atoms with E-state index in [1.165, 1.54) is 32.2 Å². The average molecular weight is 345 g/mol. The highest BCUT2D eigenvalue weighted by molar-refractivity contribution is 5.92. The lowest BCUT2D eigenvalue weighted by atomic mass is 10.2. The molecule has 1 aromatic rings. The summed E-state index contributed by atoms with van der Waals surface area (Å²) in [7, 11) is 1.25. The molecule has 1 rings (SSSR count). The predicted octanol–water partition coefficient (Wildman–Crippen LogP) is 2.61. The van der Waals surface area contributed by atoms with Gasteiger partial charge in [-0.25, -0.2) is 4.79 Å². The molecule has 6 nitrogen and oxygen atoms in total. The van der Waals surface area contributed by atoms with E-state index in [9.17, 15) is 18.4 Å². The van der Waals surface area contributed by atoms with Gasteiger partial charge >= 0.3 is 12.6 Å². The lowest BCUT2D eigenvalue weighted by molar-refractivity contribution is -0.129. The van der Waals surface area contributed by atoms with Crippen LogP contribution in [0, 0.1) is 5.92 Å². The quantitative estimate of drug-likeness (QED) is 0.733. The summed E-state index contributed by atoms with van der Waals surface area (Å²) >= 11 is 0. The van der Waals surface area contributed by atoms with Crippen molar-refractivity contribution in [2.75, 3.05) is 13.7 Å². The minimum atomic E-state index is -3.01. The van der Waals surface area contributed by atoms with E-state index in [0.717, 1.165) is 0 Å². The molecule has 1 atom stereocenters. The maximum Gasteiger partial charge on any atom is 0.387 e. The molecule has 134 valence electrons. The van der Waals surface area contributed by atoms with Crippen LogP contribution in [-0.4, -0.2) is 38.2 Å². The van der Waals surface area contributed by atoms with Crippen LogP contribution in [0.15, 0.2) is 18.2 Å². The number of hydrogen-bond acceptors (Lipinski definition) is 5. The smallest absolute Gasteiger partial charge is 0.387 e. The van der Waals surface area contributed by atoms with E-state index in [4.69, 9.17) is 9.47 Å². The molecule has 1 N–H and O–H groups in total. The van der Waals surface area contributed by atoms with Gasteiger partial charge in [0.15, 0.2) is 17.6 Å². The van der Waals surface area contributed by atoms with Crippen LogP contribution in [0.5, 0.6) is 11.5 Å². The summed E-state index contributed by atoms with van der Waals surface area (Å²) in [6.45, 7) is 2.77. The Hall–Kier alpha value is -2.38. The number of hydrogen-bond donors (Lipinski definition) is 1. The van der Waals surface area contributed by atoms with Crippen molar-refractivity contribution >= 4 is 11.9 Å². The number of methoxy groups -OCH3 is 1. The number of rotatable bonds is 8. The molecule has 0 aliphatic heterocycles. The van der Waals surface area contributed by atoms with Gasteiger partial charge < -0.3 is 19.5 Å². The second-order valence-electron chi connectivity index (χ2n) is 5.43. The number of carbonyl (C=O) groups is 2. The number of esters is 1. The van der Waals surface area contributed by atoms with Crippen molar-refractivity contribution < 1.29 is 32.6 Å². The first-order chi connectivity index (χ1) is 11.2. The summed E-state index contributed by atoms with van der Waals surface area (Å²) in [6.07, 6.45) is -0.987. The molecule has 8 heteroatoms. The van der Waals surface area contributed by atoms with Crippen molar-refractivity contribution in [3.8, 4) is 11.5 Å². The number of halogens is 2. The van der Waals surface area contributed by atoms with Crippen molar-refractivity contribution in [1.29, 1.82) is 0 Å². The molecule has 0 saturated carbocycles. The number of nitrogens with one attached hydrogen (secondary N) is 1. The summed E-state index contributed by atoms with van der Waals surface area (Å²) in [6, 6.07) is 3.63. The zero-order chi connectivity index (χ0) is 18.3. The minimum absolute atomic E-state index is 0.0401. The van der Waals surface area contributed by atoms with E-state index >= 15 is 0 Å². The van der Waals surface area contributed by atoms with E-state index in [0.29, 0.717) is 6.54 Å². The molecule has 0 unspecified atom stereocenters. The van der Waals surface area contributed by atoms with Gasteiger partial charge in [0.2, 0.25) is 0 Å². The zero-order valence-corrected chi connectivity index (χ0v) is 14.0. The number of amides is 1. The molecule has 0 radical (unpaired) electrons. The van der Waals surface area contributed by atoms with Crippen molar-refractivity contribution in [2.24, 2.45) is 5.92 Å². The van der Waals surface area contributed by atoms with Gasteiger partial charge in [-0.05, 0) is 31.0 Å². The first-order valence-electron chi connectivity index (χ1n) is 7.36. The Balaban J connectivity index is 2.75. The number of alkyl halides is 2. The number of carbonyl (C=O) groups excluding carboxylic acids is 2. The minimum Gasteiger partial charge on any atom is -0.493 e. The van der Waals surface area contributed by atoms with Crippen LogP contribution in [0.4, 0.5) is 8.78 Å². The van der Waals surface area contributed by atoms with E-state index < -0.39 is 24.6 Å². The third-order valence-corrected chi connectivity index (χ3v) is 2.95. The Morgan fingerprint density at radius 1 is 1.17 bits per heavy atom. The van der Waals surface area contributed by atoms with Crippen molar-refractivity contribution in [1.82, 2.24) is 5.32 Å². The molecule has 1 aromatic carbocycles. The van der Waals surface area contributed by atoms with Crippen molar-refractivity contribution in [2.45, 2.75) is 33.5 Å². The molecule has 0 aliphatic carbocycles. The van der Waals surface area contributed by atoms with Crippen LogP contribution in [0.25, 0.3) is 0 Å². The monoisotopic (exact) mass is 345 g/mol. The topological polar surface area (TPSA) is 73.9 Å². The molecule has 0 heterocycles. The Morgan fingerprint density at radius 2 is 1.83 bits per heavy atom. The van der Waals surface area contributed by atoms with Gasteiger partial charge in [0.25, 0.3) is 5.91 Å². The summed E-state index contributed by atoms with van der Waals surface area (Å²) in [5, 5.41) is 2.65. The van der Waals surface area contributed by atoms with Gasteiger partial charge in [0.05, 0.1) is 12.7 Å². The van der Waals surface area contributed by atoms with E-state index in [2.05, 4.69) is 10.1 Å². The molecular formula is C16H21F2NO5. The number of ether oxygens (including phenoxy) is 3. The predicted molar refractivity (Wildman–Crippen MR) is 82.4 cm³/mol. The first kappa shape index (κ1) is 19.7. The molecule has 0 fully saturated rings. The summed E-state index contributed by atoms with van der Waals surface area (Å²) in [5.74, 6) is -1.16. The molecule has 0 bridgehead atoms. The lowest BCUT2D eigenvalue weighted by Gasteiger charge is -2.15. The fourth-order valence-electron chi connectivity index (χ4n) is 1.72. The maximum atomic E-state index is 12.3. The molecule has 0 aliphatic rings. The lowest BCUT2D eigenvalue weighted by Crippen LogP contribution is -2.37. The van der Waals surface area contributed by atoms with E-state index in [1.54, 1.807) is 0 Å². The summed E-state index contributed by atoms with van der Waals surface area (Å²) in [4.78, 5) is 23.8. The van der Waals surface area contributed by atoms with Gasteiger partial charge in [-0.15, -0.1) is 0 Å². The largest absolute Gasteiger partial charge is 0.493 e. The maximum absolute atomic E-state index is 12.3. The zero-order valence-electron chi connectivity index (χ0n) is 14.0. The molecule has 1 amide bonds. The average Bonchev–Trinajstić information content (AvgIpc) is 2.52. The SMILES string of the molecule is COc1cc(C(=O)O[C@H](C)C(=O)NCC(C)C)ccc1OC(F)F. The fourth-order valence-corrected chi connectivity index (χ4v) is 1.72. The molecular weight excluding hydrogens is 324 g/mol. The van der Waals surface area contributed by atoms with Gasteiger partial charge in [0, 0.05) is 6.54 Å². The van der Waals surface area contributed by atoms with Gasteiger partial charge in [0.1, 0.15) is 0 Å². The van der Waals surface area contributed by atoms with Gasteiger partial charge in [-0.2, -0.15) is 8.78 Å². The highest BCUT2D eigenvalue weighted by atomic mass is 19.3. The Morgan fingerprint density at radius 3 is 2.38 bits per heavy atom. The second kappa shape index (κ2) is 9.05. The Kier molecular flexibility index (Phi) is 7.41. The highest BCUT2D eigenvalue weighted by Crippen LogP contribution is 2.29. The van der Waals surface area contributed by atoms with Crippen LogP contribution in [0.1, 0.15) is 31.1 Å². The highest BCUT2D eigenvalue weighted by Gasteiger charge is 2.20. The standard InChI is InChI=1S/C16H21F2NO5/c1-9(2)8-19-14(20)10(3)23-15(21)11-5-6-12(24-16(17)18)13(7-11)22-4/h5-7,9-10,16H,8H2,1-4H3,(H,19,20)/t10-/m1/s1. The fraction of sp³-hybridized carbons (Fsp3) is 0.500. The normalized spacial score (nSPS) is 12.0. The van der Waals surface area contributed by atoms with Crippen LogP contribution >= 0.6 is 0 Å². The van der Waals surface area contributed by atoms with E-state index in [1.807, 2.05) is 13.8 Å².